The molecule has 0 bridgehead atoms. The molecule has 0 unspecified atom stereocenters. The Morgan fingerprint density at radius 1 is 0.317 bits per heavy atom. The van der Waals surface area contributed by atoms with Gasteiger partial charge in [0.25, 0.3) is 0 Å². The summed E-state index contributed by atoms with van der Waals surface area (Å²) in [4.78, 5) is 21.9. The molecule has 0 aliphatic carbocycles. The third-order valence-corrected chi connectivity index (χ3v) is 16.9. The van der Waals surface area contributed by atoms with Crippen molar-refractivity contribution >= 4 is 91.0 Å². The third kappa shape index (κ3) is 9.31. The second-order valence-electron chi connectivity index (χ2n) is 22.9. The minimum absolute atomic E-state index is 0.188. The lowest BCUT2D eigenvalue weighted by Crippen LogP contribution is -2.25. The maximum Gasteiger partial charge on any atom is 0.131 e. The van der Waals surface area contributed by atoms with Gasteiger partial charge in [-0.1, -0.05) is 24.3 Å². The Labute approximate surface area is 488 Å². The van der Waals surface area contributed by atoms with E-state index in [0.29, 0.717) is 30.5 Å². The number of anilines is 16. The number of benzene rings is 9. The van der Waals surface area contributed by atoms with E-state index in [2.05, 4.69) is 228 Å². The normalized spacial score (nSPS) is 14.9. The molecule has 0 fully saturated rings. The molecule has 4 aliphatic rings. The van der Waals surface area contributed by atoms with E-state index in [1.54, 1.807) is 0 Å². The van der Waals surface area contributed by atoms with E-state index in [-0.39, 0.29) is 6.67 Å². The number of ether oxygens (including phenoxy) is 2. The maximum atomic E-state index is 8.40. The van der Waals surface area contributed by atoms with Gasteiger partial charge in [0.15, 0.2) is 0 Å². The molecule has 82 heavy (non-hydrogen) atoms. The second kappa shape index (κ2) is 20.3. The first kappa shape index (κ1) is 48.5. The van der Waals surface area contributed by atoms with Crippen molar-refractivity contribution in [1.29, 1.82) is 0 Å². The molecule has 9 aromatic carbocycles. The third-order valence-electron chi connectivity index (χ3n) is 16.9. The molecule has 0 saturated carbocycles. The Kier molecular flexibility index (Phi) is 12.0. The van der Waals surface area contributed by atoms with Crippen molar-refractivity contribution < 1.29 is 13.6 Å². The first-order valence-electron chi connectivity index (χ1n) is 29.6. The van der Waals surface area contributed by atoms with Gasteiger partial charge in [-0.3, -0.25) is 0 Å². The number of nitrogens with zero attached hydrogens (tertiary/aromatic N) is 10. The summed E-state index contributed by atoms with van der Waals surface area (Å²) < 4.78 is 38.8. The highest BCUT2D eigenvalue weighted by Gasteiger charge is 2.33. The number of hydrogen-bond donors (Lipinski definition) is 0. The molecule has 0 spiro atoms. The number of aryl methyl sites for hydroxylation is 6. The van der Waals surface area contributed by atoms with E-state index < -0.39 is 6.98 Å². The lowest BCUT2D eigenvalue weighted by atomic mass is 10.1. The van der Waals surface area contributed by atoms with Gasteiger partial charge in [-0.25, -0.2) is 0 Å². The first-order valence-corrected chi connectivity index (χ1v) is 28.1. The standard InChI is InChI=1S/C70H72N10O2/c1-45-27-65-67(29-47(45)3)75(41-73(65)11)57-33-55(71(7)8)37-61(39-57)81-59-19-15-17-53(35-59)79-43-77(63-21-13-14-22-64(63)79)51-23-25-52(26-24-51)78-44-80(70-32-50(6)49(5)31-69(70)78)54-18-16-20-60(36-54)82-62-38-56(72(9)10)34-58(40-62)76-42-74(12)66-28-46(2)48(4)30-68(66)76/h13-40H,41-44H2,1-12H3/i11D3. The summed E-state index contributed by atoms with van der Waals surface area (Å²) in [6.07, 6.45) is 0. The van der Waals surface area contributed by atoms with Crippen LogP contribution in [0.4, 0.5) is 91.0 Å². The van der Waals surface area contributed by atoms with Crippen LogP contribution >= 0.6 is 0 Å². The fraction of sp³-hybridized carbons (Fsp3) is 0.229. The van der Waals surface area contributed by atoms with Crippen molar-refractivity contribution in [2.45, 2.75) is 41.5 Å². The molecule has 0 radical (unpaired) electrons. The molecule has 12 nitrogen and oxygen atoms in total. The number of fused-ring (bicyclic) bond motifs is 4. The maximum absolute atomic E-state index is 8.40. The zero-order valence-corrected chi connectivity index (χ0v) is 48.8. The summed E-state index contributed by atoms with van der Waals surface area (Å²) in [5, 5.41) is 0. The molecule has 4 heterocycles. The van der Waals surface area contributed by atoms with Crippen LogP contribution in [0, 0.1) is 41.5 Å². The van der Waals surface area contributed by atoms with E-state index in [4.69, 9.17) is 13.6 Å². The van der Waals surface area contributed by atoms with Crippen LogP contribution in [0.5, 0.6) is 23.0 Å². The summed E-state index contributed by atoms with van der Waals surface area (Å²) in [5.74, 6) is 2.88. The van der Waals surface area contributed by atoms with Gasteiger partial charge in [-0.2, -0.15) is 0 Å². The van der Waals surface area contributed by atoms with Crippen LogP contribution in [-0.4, -0.2) is 68.9 Å². The molecule has 9 aromatic rings. The molecule has 0 N–H and O–H groups in total. The number of hydrogen-bond acceptors (Lipinski definition) is 12. The van der Waals surface area contributed by atoms with Crippen LogP contribution < -0.4 is 58.5 Å². The van der Waals surface area contributed by atoms with Crippen LogP contribution in [0.3, 0.4) is 0 Å². The molecule has 13 rings (SSSR count). The average Bonchev–Trinajstić information content (AvgIpc) is 2.02. The van der Waals surface area contributed by atoms with Crippen molar-refractivity contribution in [3.05, 3.63) is 203 Å². The topological polar surface area (TPSA) is 50.9 Å². The van der Waals surface area contributed by atoms with Gasteiger partial charge in [-0.15, -0.1) is 0 Å². The predicted octanol–water partition coefficient (Wildman–Crippen LogP) is 16.8. The Hall–Kier alpha value is -9.42. The minimum Gasteiger partial charge on any atom is -0.457 e. The monoisotopic (exact) mass is 1090 g/mol. The van der Waals surface area contributed by atoms with Gasteiger partial charge in [0.1, 0.15) is 36.3 Å². The highest BCUT2D eigenvalue weighted by molar-refractivity contribution is 5.91. The van der Waals surface area contributed by atoms with Gasteiger partial charge in [0, 0.05) is 128 Å². The molecule has 0 aromatic heterocycles. The van der Waals surface area contributed by atoms with E-state index in [1.807, 2.05) is 62.3 Å². The molecule has 0 saturated heterocycles. The average molecular weight is 1090 g/mol. The largest absolute Gasteiger partial charge is 0.457 e. The van der Waals surface area contributed by atoms with Gasteiger partial charge >= 0.3 is 0 Å². The molecule has 12 heteroatoms. The Morgan fingerprint density at radius 3 is 1.09 bits per heavy atom. The minimum atomic E-state index is -2.31. The van der Waals surface area contributed by atoms with Crippen molar-refractivity contribution in [2.24, 2.45) is 0 Å². The SMILES string of the molecule is [2H]C([2H])([2H])N1CN(c2cc(Oc3cccc(N4CN(c5ccc(N6CN(c7cccc(Oc8cc(N(C)C)cc(N9CN(C)c%10cc(C)c(C)cc%109)c8)c7)c7cc(C)c(C)cc76)cc5)c5ccccc54)c3)cc(N(C)C)c2)c2cc(C)c(C)cc21. The lowest BCUT2D eigenvalue weighted by Gasteiger charge is -2.25. The molecule has 4 aliphatic heterocycles. The summed E-state index contributed by atoms with van der Waals surface area (Å²) in [7, 11) is 10.3. The molecule has 0 amide bonds. The number of para-hydroxylation sites is 2. The molecule has 0 atom stereocenters. The van der Waals surface area contributed by atoms with Crippen molar-refractivity contribution in [1.82, 2.24) is 0 Å². The van der Waals surface area contributed by atoms with Gasteiger partial charge in [0.2, 0.25) is 0 Å². The van der Waals surface area contributed by atoms with Crippen molar-refractivity contribution in [2.75, 3.05) is 118 Å². The van der Waals surface area contributed by atoms with Crippen LogP contribution in [0.1, 0.15) is 37.5 Å². The highest BCUT2D eigenvalue weighted by atomic mass is 16.5. The zero-order valence-electron chi connectivity index (χ0n) is 51.8. The predicted molar refractivity (Wildman–Crippen MR) is 344 cm³/mol. The van der Waals surface area contributed by atoms with Crippen molar-refractivity contribution in [3.63, 3.8) is 0 Å². The fourth-order valence-electron chi connectivity index (χ4n) is 11.8. The van der Waals surface area contributed by atoms with Crippen LogP contribution in [0.2, 0.25) is 0 Å². The van der Waals surface area contributed by atoms with E-state index in [0.717, 1.165) is 103 Å². The van der Waals surface area contributed by atoms with Gasteiger partial charge in [0.05, 0.1) is 58.8 Å². The zero-order chi connectivity index (χ0) is 59.3. The summed E-state index contributed by atoms with van der Waals surface area (Å²) in [6.45, 7) is 12.7. The van der Waals surface area contributed by atoms with Crippen LogP contribution in [0.15, 0.2) is 170 Å². The highest BCUT2D eigenvalue weighted by Crippen LogP contribution is 2.50. The van der Waals surface area contributed by atoms with E-state index in [9.17, 15) is 0 Å². The first-order chi connectivity index (χ1) is 40.7. The van der Waals surface area contributed by atoms with Gasteiger partial charge < -0.3 is 58.5 Å². The molecular formula is C70H72N10O2. The molecule has 414 valence electrons. The Morgan fingerprint density at radius 2 is 0.659 bits per heavy atom. The molecular weight excluding hydrogens is 1010 g/mol. The summed E-state index contributed by atoms with van der Waals surface area (Å²) in [6, 6.07) is 60.1. The number of rotatable bonds is 12. The van der Waals surface area contributed by atoms with Crippen LogP contribution in [-0.2, 0) is 0 Å². The smallest absolute Gasteiger partial charge is 0.131 e. The lowest BCUT2D eigenvalue weighted by molar-refractivity contribution is 0.482. The summed E-state index contributed by atoms with van der Waals surface area (Å²) in [5.41, 5.74) is 23.8. The van der Waals surface area contributed by atoms with E-state index >= 15 is 0 Å². The van der Waals surface area contributed by atoms with E-state index in [1.165, 1.54) is 38.5 Å². The second-order valence-corrected chi connectivity index (χ2v) is 22.9. The summed E-state index contributed by atoms with van der Waals surface area (Å²) >= 11 is 0. The van der Waals surface area contributed by atoms with Crippen LogP contribution in [0.25, 0.3) is 0 Å². The fourth-order valence-corrected chi connectivity index (χ4v) is 11.8. The van der Waals surface area contributed by atoms with Crippen molar-refractivity contribution in [3.8, 4) is 23.0 Å². The quantitative estimate of drug-likeness (QED) is 0.117. The van der Waals surface area contributed by atoms with Gasteiger partial charge in [-0.05, 0) is 184 Å². The Balaban J connectivity index is 0.746. The Bertz CT molecular complexity index is 4090.